The number of fused-ring (bicyclic) bond motifs is 2. The van der Waals surface area contributed by atoms with Gasteiger partial charge in [-0.05, 0) is 18.4 Å². The molecule has 2 nitrogen and oxygen atoms in total. The number of halogens is 2. The number of aliphatic hydroxyl groups excluding tert-OH is 1. The van der Waals surface area contributed by atoms with Gasteiger partial charge in [0, 0.05) is 25.6 Å². The lowest BCUT2D eigenvalue weighted by Gasteiger charge is -2.50. The minimum atomic E-state index is -2.74. The molecule has 0 aromatic heterocycles. The Labute approximate surface area is 124 Å². The van der Waals surface area contributed by atoms with Gasteiger partial charge in [-0.15, -0.1) is 0 Å². The summed E-state index contributed by atoms with van der Waals surface area (Å²) in [5, 5.41) is 9.73. The van der Waals surface area contributed by atoms with E-state index in [1.165, 1.54) is 0 Å². The normalized spacial score (nSPS) is 32.6. The number of piperidine rings is 1. The van der Waals surface area contributed by atoms with Gasteiger partial charge in [0.15, 0.2) is 0 Å². The van der Waals surface area contributed by atoms with Gasteiger partial charge in [-0.1, -0.05) is 43.2 Å². The first kappa shape index (κ1) is 14.9. The number of hydrogen-bond donors (Lipinski definition) is 1. The Bertz CT molecular complexity index is 479. The molecule has 4 heteroatoms. The van der Waals surface area contributed by atoms with Crippen LogP contribution in [0.15, 0.2) is 30.3 Å². The van der Waals surface area contributed by atoms with Crippen LogP contribution < -0.4 is 0 Å². The summed E-state index contributed by atoms with van der Waals surface area (Å²) in [5.41, 5.74) is -0.103. The third kappa shape index (κ3) is 2.59. The molecule has 1 aliphatic heterocycles. The molecule has 0 radical (unpaired) electrons. The minimum absolute atomic E-state index is 0.294. The molecule has 1 aromatic carbocycles. The first-order valence-electron chi connectivity index (χ1n) is 7.82. The van der Waals surface area contributed by atoms with Crippen molar-refractivity contribution in [3.63, 3.8) is 0 Å². The fraction of sp³-hybridized carbons (Fsp3) is 0.647. The van der Waals surface area contributed by atoms with Crippen molar-refractivity contribution in [2.45, 2.75) is 38.2 Å². The maximum absolute atomic E-state index is 14.8. The van der Waals surface area contributed by atoms with Gasteiger partial charge in [-0.25, -0.2) is 8.78 Å². The molecule has 1 heterocycles. The zero-order valence-electron chi connectivity index (χ0n) is 12.3. The lowest BCUT2D eigenvalue weighted by molar-refractivity contribution is -0.217. The van der Waals surface area contributed by atoms with E-state index in [9.17, 15) is 13.9 Å². The fourth-order valence-electron chi connectivity index (χ4n) is 4.03. The zero-order chi connectivity index (χ0) is 14.9. The number of likely N-dealkylation sites (tertiary alicyclic amines) is 1. The van der Waals surface area contributed by atoms with Crippen molar-refractivity contribution in [1.82, 2.24) is 4.90 Å². The molecule has 1 aliphatic carbocycles. The van der Waals surface area contributed by atoms with Gasteiger partial charge in [0.2, 0.25) is 0 Å². The van der Waals surface area contributed by atoms with E-state index in [2.05, 4.69) is 4.90 Å². The molecule has 1 aromatic rings. The van der Waals surface area contributed by atoms with Crippen LogP contribution in [0.25, 0.3) is 0 Å². The molecule has 1 saturated heterocycles. The quantitative estimate of drug-likeness (QED) is 0.925. The van der Waals surface area contributed by atoms with Crippen LogP contribution in [0.4, 0.5) is 8.78 Å². The molecule has 0 spiro atoms. The third-order valence-corrected chi connectivity index (χ3v) is 5.23. The zero-order valence-corrected chi connectivity index (χ0v) is 12.3. The van der Waals surface area contributed by atoms with Crippen molar-refractivity contribution in [2.75, 3.05) is 19.7 Å². The summed E-state index contributed by atoms with van der Waals surface area (Å²) in [7, 11) is 0. The van der Waals surface area contributed by atoms with E-state index in [1.807, 2.05) is 30.3 Å². The van der Waals surface area contributed by atoms with Crippen molar-refractivity contribution >= 4 is 0 Å². The number of rotatable bonds is 3. The molecule has 2 unspecified atom stereocenters. The van der Waals surface area contributed by atoms with E-state index < -0.39 is 23.9 Å². The molecule has 0 amide bonds. The highest BCUT2D eigenvalue weighted by molar-refractivity contribution is 5.15. The Morgan fingerprint density at radius 1 is 1.19 bits per heavy atom. The molecule has 2 atom stereocenters. The summed E-state index contributed by atoms with van der Waals surface area (Å²) < 4.78 is 29.5. The summed E-state index contributed by atoms with van der Waals surface area (Å²) in [5.74, 6) is -3.37. The van der Waals surface area contributed by atoms with Gasteiger partial charge in [0.05, 0.1) is 12.0 Å². The highest BCUT2D eigenvalue weighted by Crippen LogP contribution is 2.53. The van der Waals surface area contributed by atoms with Crippen molar-refractivity contribution in [2.24, 2.45) is 11.3 Å². The van der Waals surface area contributed by atoms with E-state index in [1.54, 1.807) is 0 Å². The van der Waals surface area contributed by atoms with Crippen LogP contribution >= 0.6 is 0 Å². The SMILES string of the molecule is OCC12CCCCC(CN(Cc3ccccc3)C1)C2(F)F. The third-order valence-electron chi connectivity index (χ3n) is 5.23. The number of aliphatic hydroxyl groups is 1. The minimum Gasteiger partial charge on any atom is -0.396 e. The molecular formula is C17H23F2NO. The Kier molecular flexibility index (Phi) is 4.02. The average Bonchev–Trinajstić information content (AvgIpc) is 2.55. The van der Waals surface area contributed by atoms with Crippen LogP contribution in [0, 0.1) is 11.3 Å². The smallest absolute Gasteiger partial charge is 0.261 e. The molecule has 21 heavy (non-hydrogen) atoms. The predicted molar refractivity (Wildman–Crippen MR) is 78.1 cm³/mol. The topological polar surface area (TPSA) is 23.5 Å². The summed E-state index contributed by atoms with van der Waals surface area (Å²) in [4.78, 5) is 2.11. The summed E-state index contributed by atoms with van der Waals surface area (Å²) in [6.45, 7) is 1.00. The van der Waals surface area contributed by atoms with Crippen LogP contribution in [-0.2, 0) is 6.54 Å². The number of alkyl halides is 2. The lowest BCUT2D eigenvalue weighted by Crippen LogP contribution is -2.61. The van der Waals surface area contributed by atoms with E-state index in [-0.39, 0.29) is 0 Å². The van der Waals surface area contributed by atoms with Gasteiger partial charge < -0.3 is 5.11 Å². The van der Waals surface area contributed by atoms with Crippen LogP contribution in [-0.4, -0.2) is 35.6 Å². The molecule has 1 N–H and O–H groups in total. The summed E-state index contributed by atoms with van der Waals surface area (Å²) in [6.07, 6.45) is 2.64. The number of nitrogens with zero attached hydrogens (tertiary/aromatic N) is 1. The second kappa shape index (κ2) is 5.65. The van der Waals surface area contributed by atoms with Crippen molar-refractivity contribution < 1.29 is 13.9 Å². The molecule has 3 rings (SSSR count). The number of benzene rings is 1. The highest BCUT2D eigenvalue weighted by atomic mass is 19.3. The van der Waals surface area contributed by atoms with Crippen molar-refractivity contribution in [1.29, 1.82) is 0 Å². The van der Waals surface area contributed by atoms with Gasteiger partial charge >= 0.3 is 0 Å². The average molecular weight is 295 g/mol. The van der Waals surface area contributed by atoms with Gasteiger partial charge in [-0.2, -0.15) is 0 Å². The maximum atomic E-state index is 14.8. The molecular weight excluding hydrogens is 272 g/mol. The van der Waals surface area contributed by atoms with E-state index >= 15 is 0 Å². The monoisotopic (exact) mass is 295 g/mol. The standard InChI is InChI=1S/C17H23F2NO/c18-17(19)15-8-4-5-9-16(17,13-21)12-20(11-15)10-14-6-2-1-3-7-14/h1-3,6-7,15,21H,4-5,8-13H2. The van der Waals surface area contributed by atoms with Crippen molar-refractivity contribution in [3.8, 4) is 0 Å². The van der Waals surface area contributed by atoms with Crippen LogP contribution in [0.5, 0.6) is 0 Å². The number of hydrogen-bond acceptors (Lipinski definition) is 2. The van der Waals surface area contributed by atoms with E-state index in [4.69, 9.17) is 0 Å². The van der Waals surface area contributed by atoms with Crippen LogP contribution in [0.2, 0.25) is 0 Å². The van der Waals surface area contributed by atoms with Crippen LogP contribution in [0.1, 0.15) is 31.2 Å². The Balaban J connectivity index is 1.84. The largest absolute Gasteiger partial charge is 0.396 e. The lowest BCUT2D eigenvalue weighted by atomic mass is 9.71. The summed E-state index contributed by atoms with van der Waals surface area (Å²) in [6, 6.07) is 9.97. The first-order chi connectivity index (χ1) is 10.1. The Hall–Kier alpha value is -1.00. The summed E-state index contributed by atoms with van der Waals surface area (Å²) >= 11 is 0. The fourth-order valence-corrected chi connectivity index (χ4v) is 4.03. The van der Waals surface area contributed by atoms with Gasteiger partial charge in [0.1, 0.15) is 0 Å². The molecule has 116 valence electrons. The van der Waals surface area contributed by atoms with Gasteiger partial charge in [0.25, 0.3) is 5.92 Å². The highest BCUT2D eigenvalue weighted by Gasteiger charge is 2.61. The van der Waals surface area contributed by atoms with Crippen LogP contribution in [0.3, 0.4) is 0 Å². The second-order valence-electron chi connectivity index (χ2n) is 6.66. The molecule has 2 aliphatic rings. The Morgan fingerprint density at radius 3 is 2.67 bits per heavy atom. The Morgan fingerprint density at radius 2 is 1.95 bits per heavy atom. The van der Waals surface area contributed by atoms with E-state index in [0.717, 1.165) is 18.4 Å². The molecule has 2 fully saturated rings. The maximum Gasteiger partial charge on any atom is 0.261 e. The first-order valence-corrected chi connectivity index (χ1v) is 7.82. The predicted octanol–water partition coefficient (Wildman–Crippen LogP) is 3.31. The second-order valence-corrected chi connectivity index (χ2v) is 6.66. The van der Waals surface area contributed by atoms with E-state index in [0.29, 0.717) is 32.5 Å². The molecule has 1 saturated carbocycles. The molecule has 2 bridgehead atoms. The van der Waals surface area contributed by atoms with Gasteiger partial charge in [-0.3, -0.25) is 4.90 Å². The van der Waals surface area contributed by atoms with Crippen molar-refractivity contribution in [3.05, 3.63) is 35.9 Å².